The fourth-order valence-electron chi connectivity index (χ4n) is 3.49. The van der Waals surface area contributed by atoms with Crippen molar-refractivity contribution >= 4 is 0 Å². The summed E-state index contributed by atoms with van der Waals surface area (Å²) in [4.78, 5) is 2.40. The van der Waals surface area contributed by atoms with Gasteiger partial charge in [0.25, 0.3) is 0 Å². The van der Waals surface area contributed by atoms with Gasteiger partial charge in [-0.3, -0.25) is 4.90 Å². The molecular weight excluding hydrogens is 164 g/mol. The first kappa shape index (κ1) is 8.21. The molecule has 0 aliphatic carbocycles. The number of hydrogen-bond donors (Lipinski definition) is 0. The van der Waals surface area contributed by atoms with E-state index in [1.807, 2.05) is 0 Å². The van der Waals surface area contributed by atoms with E-state index >= 15 is 0 Å². The van der Waals surface area contributed by atoms with Gasteiger partial charge in [-0.05, 0) is 32.6 Å². The average Bonchev–Trinajstić information content (AvgIpc) is 2.11. The molecule has 4 fully saturated rings. The maximum atomic E-state index is 11.6. The summed E-state index contributed by atoms with van der Waals surface area (Å²) in [6.07, 6.45) is 4.20. The molecule has 0 amide bonds. The molecule has 71 valence electrons. The van der Waals surface area contributed by atoms with Crippen molar-refractivity contribution in [2.24, 2.45) is 0 Å². The zero-order valence-corrected chi connectivity index (χ0v) is 7.72. The first-order chi connectivity index (χ1) is 6.29. The largest absolute Gasteiger partial charge is 0.297 e. The zero-order chi connectivity index (χ0) is 9.00. The highest BCUT2D eigenvalue weighted by molar-refractivity contribution is 5.04. The summed E-state index contributed by atoms with van der Waals surface area (Å²) in [5.41, 5.74) is 0. The van der Waals surface area contributed by atoms with Gasteiger partial charge in [-0.1, -0.05) is 0 Å². The SMILES string of the molecule is [CH]CN1C2CC3CC1CC(C2)N3[O]. The normalized spacial score (nSPS) is 50.3. The molecule has 4 aliphatic heterocycles. The van der Waals surface area contributed by atoms with Gasteiger partial charge >= 0.3 is 0 Å². The van der Waals surface area contributed by atoms with Crippen LogP contribution < -0.4 is 0 Å². The molecule has 0 unspecified atom stereocenters. The molecule has 0 aromatic rings. The van der Waals surface area contributed by atoms with Crippen molar-refractivity contribution in [1.82, 2.24) is 9.96 Å². The lowest BCUT2D eigenvalue weighted by Gasteiger charge is -2.58. The highest BCUT2D eigenvalue weighted by atomic mass is 16.5. The van der Waals surface area contributed by atoms with Crippen molar-refractivity contribution in [3.63, 3.8) is 0 Å². The van der Waals surface area contributed by atoms with Gasteiger partial charge in [-0.15, -0.1) is 10.3 Å². The summed E-state index contributed by atoms with van der Waals surface area (Å²) in [5, 5.41) is 13.0. The molecule has 3 heteroatoms. The Morgan fingerprint density at radius 1 is 1.00 bits per heavy atom. The lowest BCUT2D eigenvalue weighted by molar-refractivity contribution is -0.279. The highest BCUT2D eigenvalue weighted by Crippen LogP contribution is 2.43. The minimum absolute atomic E-state index is 0.310. The van der Waals surface area contributed by atoms with Gasteiger partial charge in [-0.25, -0.2) is 0 Å². The lowest BCUT2D eigenvalue weighted by atomic mass is 9.74. The summed E-state index contributed by atoms with van der Waals surface area (Å²) in [6, 6.07) is 1.84. The standard InChI is InChI=1S/C10H15N2O/c1-2-11-7-3-9-5-8(11)6-10(4-7)12(9)13/h1,7-10H,2-6H2. The van der Waals surface area contributed by atoms with E-state index in [0.29, 0.717) is 30.7 Å². The quantitative estimate of drug-likeness (QED) is 0.593. The third-order valence-electron chi connectivity index (χ3n) is 4.05. The van der Waals surface area contributed by atoms with Crippen LogP contribution in [-0.4, -0.2) is 40.7 Å². The van der Waals surface area contributed by atoms with Gasteiger partial charge in [0.05, 0.1) is 0 Å². The molecule has 0 aromatic heterocycles. The van der Waals surface area contributed by atoms with Crippen LogP contribution in [0.25, 0.3) is 0 Å². The fourth-order valence-corrected chi connectivity index (χ4v) is 3.49. The second-order valence-corrected chi connectivity index (χ2v) is 4.61. The first-order valence-electron chi connectivity index (χ1n) is 5.21. The number of nitrogens with zero attached hydrogens (tertiary/aromatic N) is 2. The van der Waals surface area contributed by atoms with Crippen LogP contribution in [0, 0.1) is 6.92 Å². The molecule has 4 rings (SSSR count). The molecule has 0 aromatic carbocycles. The Kier molecular flexibility index (Phi) is 1.70. The molecule has 3 radical (unpaired) electrons. The third kappa shape index (κ3) is 1.01. The molecular formula is C10H15N2O. The van der Waals surface area contributed by atoms with E-state index < -0.39 is 0 Å². The summed E-state index contributed by atoms with van der Waals surface area (Å²) in [6.45, 7) is 6.40. The molecule has 4 bridgehead atoms. The van der Waals surface area contributed by atoms with Crippen LogP contribution in [0.1, 0.15) is 25.7 Å². The van der Waals surface area contributed by atoms with Crippen LogP contribution in [0.5, 0.6) is 0 Å². The van der Waals surface area contributed by atoms with Crippen molar-refractivity contribution < 1.29 is 5.21 Å². The second-order valence-electron chi connectivity index (χ2n) is 4.61. The minimum Gasteiger partial charge on any atom is -0.297 e. The van der Waals surface area contributed by atoms with E-state index in [2.05, 4.69) is 4.90 Å². The highest BCUT2D eigenvalue weighted by Gasteiger charge is 2.50. The van der Waals surface area contributed by atoms with Gasteiger partial charge < -0.3 is 0 Å². The second kappa shape index (κ2) is 2.69. The van der Waals surface area contributed by atoms with Crippen molar-refractivity contribution in [3.05, 3.63) is 6.92 Å². The monoisotopic (exact) mass is 179 g/mol. The zero-order valence-electron chi connectivity index (χ0n) is 7.72. The summed E-state index contributed by atoms with van der Waals surface area (Å²) in [5.74, 6) is 0. The Labute approximate surface area is 79.3 Å². The maximum absolute atomic E-state index is 11.6. The topological polar surface area (TPSA) is 26.4 Å². The smallest absolute Gasteiger partial charge is 0.0416 e. The Balaban J connectivity index is 1.86. The van der Waals surface area contributed by atoms with E-state index in [0.717, 1.165) is 25.7 Å². The van der Waals surface area contributed by atoms with E-state index in [1.165, 1.54) is 5.06 Å². The van der Waals surface area contributed by atoms with Crippen molar-refractivity contribution in [1.29, 1.82) is 0 Å². The van der Waals surface area contributed by atoms with Crippen LogP contribution >= 0.6 is 0 Å². The summed E-state index contributed by atoms with van der Waals surface area (Å²) >= 11 is 0. The predicted molar refractivity (Wildman–Crippen MR) is 47.2 cm³/mol. The number of piperidine rings is 4. The van der Waals surface area contributed by atoms with E-state index in [1.54, 1.807) is 0 Å². The summed E-state index contributed by atoms with van der Waals surface area (Å²) < 4.78 is 0. The fraction of sp³-hybridized carbons (Fsp3) is 0.900. The molecule has 4 saturated heterocycles. The number of hydroxylamine groups is 2. The molecule has 0 spiro atoms. The van der Waals surface area contributed by atoms with E-state index in [4.69, 9.17) is 6.92 Å². The van der Waals surface area contributed by atoms with Crippen LogP contribution in [0.15, 0.2) is 0 Å². The molecule has 13 heavy (non-hydrogen) atoms. The molecule has 4 heterocycles. The third-order valence-corrected chi connectivity index (χ3v) is 4.05. The molecule has 4 aliphatic rings. The lowest BCUT2D eigenvalue weighted by Crippen LogP contribution is -2.67. The van der Waals surface area contributed by atoms with Crippen molar-refractivity contribution in [2.45, 2.75) is 49.9 Å². The van der Waals surface area contributed by atoms with Gasteiger partial charge in [0, 0.05) is 30.7 Å². The van der Waals surface area contributed by atoms with Crippen LogP contribution in [0.4, 0.5) is 0 Å². The maximum Gasteiger partial charge on any atom is 0.0416 e. The summed E-state index contributed by atoms with van der Waals surface area (Å²) in [7, 11) is 0. The van der Waals surface area contributed by atoms with E-state index in [9.17, 15) is 5.21 Å². The Morgan fingerprint density at radius 3 is 1.85 bits per heavy atom. The van der Waals surface area contributed by atoms with Crippen LogP contribution in [-0.2, 0) is 5.21 Å². The van der Waals surface area contributed by atoms with Crippen LogP contribution in [0.3, 0.4) is 0 Å². The molecule has 0 saturated carbocycles. The van der Waals surface area contributed by atoms with Gasteiger partial charge in [0.15, 0.2) is 0 Å². The number of rotatable bonds is 1. The van der Waals surface area contributed by atoms with Crippen LogP contribution in [0.2, 0.25) is 0 Å². The minimum atomic E-state index is 0.310. The Hall–Kier alpha value is -0.120. The Morgan fingerprint density at radius 2 is 1.46 bits per heavy atom. The molecule has 3 nitrogen and oxygen atoms in total. The number of hydrogen-bond acceptors (Lipinski definition) is 2. The van der Waals surface area contributed by atoms with Crippen molar-refractivity contribution in [3.8, 4) is 0 Å². The van der Waals surface area contributed by atoms with Gasteiger partial charge in [-0.2, -0.15) is 0 Å². The van der Waals surface area contributed by atoms with Gasteiger partial charge in [0.2, 0.25) is 0 Å². The first-order valence-corrected chi connectivity index (χ1v) is 5.21. The molecule has 0 N–H and O–H groups in total. The predicted octanol–water partition coefficient (Wildman–Crippen LogP) is 0.723. The molecule has 0 atom stereocenters. The Bertz CT molecular complexity index is 189. The van der Waals surface area contributed by atoms with E-state index in [-0.39, 0.29) is 0 Å². The average molecular weight is 179 g/mol. The van der Waals surface area contributed by atoms with Crippen molar-refractivity contribution in [2.75, 3.05) is 6.54 Å². The van der Waals surface area contributed by atoms with Gasteiger partial charge in [0.1, 0.15) is 0 Å².